The normalized spacial score (nSPS) is 8.21. The predicted octanol–water partition coefficient (Wildman–Crippen LogP) is 1.05. The molecule has 0 saturated carbocycles. The van der Waals surface area contributed by atoms with Crippen molar-refractivity contribution < 1.29 is 45.7 Å². The van der Waals surface area contributed by atoms with Crippen LogP contribution in [0.1, 0.15) is 40.5 Å². The average Bonchev–Trinajstić information content (AvgIpc) is 2.16. The molecule has 0 heterocycles. The van der Waals surface area contributed by atoms with Gasteiger partial charge in [0.05, 0.1) is 13.2 Å². The molecule has 0 aromatic heterocycles. The molecule has 7 heteroatoms. The zero-order valence-corrected chi connectivity index (χ0v) is 12.5. The minimum atomic E-state index is -0.440. The summed E-state index contributed by atoms with van der Waals surface area (Å²) in [6.07, 6.45) is -0.207. The molecule has 0 aliphatic heterocycles. The van der Waals surface area contributed by atoms with Gasteiger partial charge < -0.3 is 9.47 Å². The van der Waals surface area contributed by atoms with Crippen molar-refractivity contribution in [1.29, 1.82) is 0 Å². The summed E-state index contributed by atoms with van der Waals surface area (Å²) in [7, 11) is 0. The first kappa shape index (κ1) is 22.9. The van der Waals surface area contributed by atoms with Gasteiger partial charge in [0.1, 0.15) is 24.4 Å². The summed E-state index contributed by atoms with van der Waals surface area (Å²) in [5, 5.41) is 0. The van der Waals surface area contributed by atoms with Gasteiger partial charge in [0.2, 0.25) is 0 Å². The Morgan fingerprint density at radius 2 is 1.00 bits per heavy atom. The number of hydrogen-bond acceptors (Lipinski definition) is 6. The Balaban J connectivity index is -0.000000256. The number of ketones is 2. The van der Waals surface area contributed by atoms with Crippen LogP contribution < -0.4 is 0 Å². The van der Waals surface area contributed by atoms with E-state index in [0.29, 0.717) is 13.2 Å². The maximum atomic E-state index is 10.4. The van der Waals surface area contributed by atoms with Gasteiger partial charge in [-0.05, 0) is 27.7 Å². The molecule has 1 radical (unpaired) electrons. The minimum absolute atomic E-state index is 0. The average molecular weight is 324 g/mol. The molecule has 0 atom stereocenters. The van der Waals surface area contributed by atoms with Crippen molar-refractivity contribution in [3.8, 4) is 0 Å². The van der Waals surface area contributed by atoms with Gasteiger partial charge in [-0.2, -0.15) is 0 Å². The van der Waals surface area contributed by atoms with Gasteiger partial charge in [-0.3, -0.25) is 19.2 Å². The zero-order chi connectivity index (χ0) is 14.6. The summed E-state index contributed by atoms with van der Waals surface area (Å²) >= 11 is 0. The van der Waals surface area contributed by atoms with Crippen LogP contribution in [0.25, 0.3) is 0 Å². The molecular formula is C12H20CuO6. The maximum absolute atomic E-state index is 10.4. The topological polar surface area (TPSA) is 86.7 Å². The number of carbonyl (C=O) groups is 4. The molecule has 19 heavy (non-hydrogen) atoms. The molecule has 0 aromatic rings. The number of rotatable bonds is 6. The molecule has 0 bridgehead atoms. The van der Waals surface area contributed by atoms with E-state index in [9.17, 15) is 19.2 Å². The van der Waals surface area contributed by atoms with Crippen molar-refractivity contribution in [1.82, 2.24) is 0 Å². The summed E-state index contributed by atoms with van der Waals surface area (Å²) in [4.78, 5) is 41.3. The molecule has 0 spiro atoms. The molecule has 0 N–H and O–H groups in total. The van der Waals surface area contributed by atoms with Crippen molar-refractivity contribution in [2.24, 2.45) is 0 Å². The molecular weight excluding hydrogens is 304 g/mol. The van der Waals surface area contributed by atoms with E-state index in [4.69, 9.17) is 0 Å². The molecule has 0 unspecified atom stereocenters. The smallest absolute Gasteiger partial charge is 0.313 e. The largest absolute Gasteiger partial charge is 0.466 e. The Morgan fingerprint density at radius 1 is 0.737 bits per heavy atom. The van der Waals surface area contributed by atoms with Gasteiger partial charge in [0.25, 0.3) is 0 Å². The molecule has 0 rings (SSSR count). The molecule has 6 nitrogen and oxygen atoms in total. The Bertz CT molecular complexity index is 271. The minimum Gasteiger partial charge on any atom is -0.466 e. The first-order chi connectivity index (χ1) is 8.33. The van der Waals surface area contributed by atoms with Gasteiger partial charge >= 0.3 is 11.9 Å². The predicted molar refractivity (Wildman–Crippen MR) is 63.9 cm³/mol. The quantitative estimate of drug-likeness (QED) is 0.412. The van der Waals surface area contributed by atoms with Crippen LogP contribution in [0, 0.1) is 0 Å². The van der Waals surface area contributed by atoms with Gasteiger partial charge in [-0.1, -0.05) is 0 Å². The molecule has 0 aliphatic rings. The van der Waals surface area contributed by atoms with E-state index in [0.717, 1.165) is 0 Å². The van der Waals surface area contributed by atoms with E-state index < -0.39 is 11.9 Å². The van der Waals surface area contributed by atoms with Crippen molar-refractivity contribution in [3.05, 3.63) is 0 Å². The number of carbonyl (C=O) groups excluding carboxylic acids is 4. The van der Waals surface area contributed by atoms with E-state index in [1.807, 2.05) is 0 Å². The monoisotopic (exact) mass is 323 g/mol. The number of Topliss-reactive ketones (excluding diaryl/α,β-unsaturated/α-hetero) is 2. The van der Waals surface area contributed by atoms with Crippen LogP contribution in [0.4, 0.5) is 0 Å². The van der Waals surface area contributed by atoms with Crippen LogP contribution in [0.2, 0.25) is 0 Å². The first-order valence-electron chi connectivity index (χ1n) is 5.63. The molecule has 0 aromatic carbocycles. The SMILES string of the molecule is CCOC(=O)CC(C)=O.CCOC(=O)CC(C)=O.[Cu]. The van der Waals surface area contributed by atoms with Crippen LogP contribution in [-0.4, -0.2) is 36.7 Å². The second-order valence-corrected chi connectivity index (χ2v) is 3.37. The Kier molecular flexibility index (Phi) is 17.9. The number of hydrogen-bond donors (Lipinski definition) is 0. The maximum Gasteiger partial charge on any atom is 0.313 e. The third-order valence-corrected chi connectivity index (χ3v) is 1.40. The van der Waals surface area contributed by atoms with Crippen molar-refractivity contribution >= 4 is 23.5 Å². The van der Waals surface area contributed by atoms with Gasteiger partial charge in [0.15, 0.2) is 0 Å². The summed E-state index contributed by atoms with van der Waals surface area (Å²) in [6.45, 7) is 6.81. The zero-order valence-electron chi connectivity index (χ0n) is 11.6. The van der Waals surface area contributed by atoms with Gasteiger partial charge in [-0.25, -0.2) is 0 Å². The van der Waals surface area contributed by atoms with Crippen LogP contribution >= 0.6 is 0 Å². The second kappa shape index (κ2) is 14.9. The van der Waals surface area contributed by atoms with Crippen molar-refractivity contribution in [2.45, 2.75) is 40.5 Å². The van der Waals surface area contributed by atoms with Crippen molar-refractivity contribution in [2.75, 3.05) is 13.2 Å². The summed E-state index contributed by atoms with van der Waals surface area (Å²) in [5.41, 5.74) is 0. The van der Waals surface area contributed by atoms with E-state index >= 15 is 0 Å². The van der Waals surface area contributed by atoms with E-state index in [1.165, 1.54) is 13.8 Å². The van der Waals surface area contributed by atoms with Crippen LogP contribution in [0.5, 0.6) is 0 Å². The standard InChI is InChI=1S/2C6H10O3.Cu/c2*1-3-9-6(8)4-5(2)7;/h2*3-4H2,1-2H3;. The fourth-order valence-electron chi connectivity index (χ4n) is 0.831. The first-order valence-corrected chi connectivity index (χ1v) is 5.63. The fourth-order valence-corrected chi connectivity index (χ4v) is 0.831. The number of ether oxygens (including phenoxy) is 2. The third kappa shape index (κ3) is 22.5. The molecule has 0 aliphatic carbocycles. The Morgan fingerprint density at radius 3 is 1.16 bits per heavy atom. The fraction of sp³-hybridized carbons (Fsp3) is 0.667. The second-order valence-electron chi connectivity index (χ2n) is 3.37. The Labute approximate surface area is 123 Å². The van der Waals surface area contributed by atoms with Crippen LogP contribution in [0.15, 0.2) is 0 Å². The van der Waals surface area contributed by atoms with Gasteiger partial charge in [0, 0.05) is 17.1 Å². The van der Waals surface area contributed by atoms with E-state index in [1.54, 1.807) is 13.8 Å². The van der Waals surface area contributed by atoms with E-state index in [2.05, 4.69) is 9.47 Å². The number of esters is 2. The van der Waals surface area contributed by atoms with Crippen molar-refractivity contribution in [3.63, 3.8) is 0 Å². The molecule has 0 amide bonds. The third-order valence-electron chi connectivity index (χ3n) is 1.40. The molecule has 115 valence electrons. The molecule has 0 fully saturated rings. The summed E-state index contributed by atoms with van der Waals surface area (Å²) in [5.74, 6) is -1.20. The Hall–Kier alpha value is -1.20. The summed E-state index contributed by atoms with van der Waals surface area (Å²) < 4.78 is 8.99. The van der Waals surface area contributed by atoms with E-state index in [-0.39, 0.29) is 41.5 Å². The van der Waals surface area contributed by atoms with Crippen LogP contribution in [-0.2, 0) is 45.7 Å². The molecule has 0 saturated heterocycles. The van der Waals surface area contributed by atoms with Crippen LogP contribution in [0.3, 0.4) is 0 Å². The summed E-state index contributed by atoms with van der Waals surface area (Å²) in [6, 6.07) is 0. The van der Waals surface area contributed by atoms with Gasteiger partial charge in [-0.15, -0.1) is 0 Å².